The molecule has 0 saturated carbocycles. The Hall–Kier alpha value is -2.04. The van der Waals surface area contributed by atoms with Crippen molar-refractivity contribution in [3.63, 3.8) is 0 Å². The number of nitrogens with two attached hydrogens (primary N) is 1. The van der Waals surface area contributed by atoms with E-state index in [-0.39, 0.29) is 12.6 Å². The predicted molar refractivity (Wildman–Crippen MR) is 82.5 cm³/mol. The van der Waals surface area contributed by atoms with Gasteiger partial charge in [-0.2, -0.15) is 0 Å². The van der Waals surface area contributed by atoms with Gasteiger partial charge in [0.15, 0.2) is 0 Å². The Bertz CT molecular complexity index is 570. The minimum atomic E-state index is -0.682. The summed E-state index contributed by atoms with van der Waals surface area (Å²) in [6, 6.07) is 14.8. The number of aliphatic hydroxyl groups is 1. The highest BCUT2D eigenvalue weighted by molar-refractivity contribution is 5.42. The molecule has 1 unspecified atom stereocenters. The van der Waals surface area contributed by atoms with Crippen LogP contribution in [-0.2, 0) is 0 Å². The van der Waals surface area contributed by atoms with Crippen LogP contribution in [0.1, 0.15) is 30.2 Å². The second-order valence-electron chi connectivity index (χ2n) is 4.93. The van der Waals surface area contributed by atoms with Crippen LogP contribution in [0.2, 0.25) is 0 Å². The summed E-state index contributed by atoms with van der Waals surface area (Å²) in [5, 5.41) is 10.2. The first-order valence-corrected chi connectivity index (χ1v) is 6.91. The average molecular weight is 287 g/mol. The fourth-order valence-electron chi connectivity index (χ4n) is 2.08. The van der Waals surface area contributed by atoms with E-state index in [2.05, 4.69) is 0 Å². The number of ether oxygens (including phenoxy) is 2. The fourth-order valence-corrected chi connectivity index (χ4v) is 2.08. The molecule has 0 aliphatic rings. The predicted octanol–water partition coefficient (Wildman–Crippen LogP) is 2.83. The van der Waals surface area contributed by atoms with Crippen LogP contribution < -0.4 is 15.2 Å². The number of benzene rings is 2. The molecular weight excluding hydrogens is 266 g/mol. The van der Waals surface area contributed by atoms with Crippen molar-refractivity contribution < 1.29 is 14.6 Å². The van der Waals surface area contributed by atoms with E-state index in [1.54, 1.807) is 13.2 Å². The van der Waals surface area contributed by atoms with Crippen LogP contribution in [0.5, 0.6) is 11.5 Å². The van der Waals surface area contributed by atoms with Gasteiger partial charge in [-0.3, -0.25) is 0 Å². The fraction of sp³-hybridized carbons (Fsp3) is 0.294. The van der Waals surface area contributed by atoms with Crippen LogP contribution in [0, 0.1) is 0 Å². The van der Waals surface area contributed by atoms with Crippen LogP contribution in [0.3, 0.4) is 0 Å². The van der Waals surface area contributed by atoms with E-state index in [4.69, 9.17) is 15.2 Å². The van der Waals surface area contributed by atoms with E-state index in [1.165, 1.54) is 0 Å². The van der Waals surface area contributed by atoms with Crippen molar-refractivity contribution in [2.75, 3.05) is 13.7 Å². The smallest absolute Gasteiger partial charge is 0.127 e. The van der Waals surface area contributed by atoms with Gasteiger partial charge in [0.2, 0.25) is 0 Å². The molecule has 0 spiro atoms. The largest absolute Gasteiger partial charge is 0.497 e. The highest BCUT2D eigenvalue weighted by Crippen LogP contribution is 2.29. The lowest BCUT2D eigenvalue weighted by molar-refractivity contribution is 0.107. The van der Waals surface area contributed by atoms with Crippen molar-refractivity contribution >= 4 is 0 Å². The van der Waals surface area contributed by atoms with Gasteiger partial charge in [-0.1, -0.05) is 36.4 Å². The molecule has 2 atom stereocenters. The lowest BCUT2D eigenvalue weighted by Gasteiger charge is -2.17. The van der Waals surface area contributed by atoms with E-state index >= 15 is 0 Å². The third-order valence-electron chi connectivity index (χ3n) is 3.29. The van der Waals surface area contributed by atoms with E-state index in [0.717, 1.165) is 11.1 Å². The van der Waals surface area contributed by atoms with E-state index in [1.807, 2.05) is 49.4 Å². The maximum absolute atomic E-state index is 10.2. The first kappa shape index (κ1) is 15.4. The molecule has 0 bridgehead atoms. The first-order chi connectivity index (χ1) is 10.1. The Balaban J connectivity index is 2.11. The molecule has 2 rings (SSSR count). The highest BCUT2D eigenvalue weighted by Gasteiger charge is 2.13. The molecule has 2 aromatic rings. The monoisotopic (exact) mass is 287 g/mol. The van der Waals surface area contributed by atoms with Crippen molar-refractivity contribution in [1.29, 1.82) is 0 Å². The quantitative estimate of drug-likeness (QED) is 0.857. The van der Waals surface area contributed by atoms with E-state index < -0.39 is 6.10 Å². The Morgan fingerprint density at radius 3 is 2.48 bits per heavy atom. The number of methoxy groups -OCH3 is 1. The van der Waals surface area contributed by atoms with Crippen molar-refractivity contribution in [2.24, 2.45) is 5.73 Å². The number of rotatable bonds is 6. The SMILES string of the molecule is COc1ccc([C@H](C)N)c(OCC(O)c2ccccc2)c1. The number of hydrogen-bond donors (Lipinski definition) is 2. The molecule has 21 heavy (non-hydrogen) atoms. The van der Waals surface area contributed by atoms with Crippen LogP contribution in [0.15, 0.2) is 48.5 Å². The summed E-state index contributed by atoms with van der Waals surface area (Å²) < 4.78 is 10.9. The highest BCUT2D eigenvalue weighted by atomic mass is 16.5. The standard InChI is InChI=1S/C17H21NO3/c1-12(18)15-9-8-14(20-2)10-17(15)21-11-16(19)13-6-4-3-5-7-13/h3-10,12,16,19H,11,18H2,1-2H3/t12-,16?/m0/s1. The molecule has 0 saturated heterocycles. The van der Waals surface area contributed by atoms with E-state index in [9.17, 15) is 5.11 Å². The summed E-state index contributed by atoms with van der Waals surface area (Å²) in [6.07, 6.45) is -0.682. The summed E-state index contributed by atoms with van der Waals surface area (Å²) in [5.41, 5.74) is 7.65. The molecule has 4 nitrogen and oxygen atoms in total. The van der Waals surface area contributed by atoms with Crippen molar-refractivity contribution in [1.82, 2.24) is 0 Å². The van der Waals surface area contributed by atoms with Gasteiger partial charge in [-0.05, 0) is 18.6 Å². The normalized spacial score (nSPS) is 13.5. The van der Waals surface area contributed by atoms with Crippen molar-refractivity contribution in [3.8, 4) is 11.5 Å². The topological polar surface area (TPSA) is 64.7 Å². The summed E-state index contributed by atoms with van der Waals surface area (Å²) in [5.74, 6) is 1.34. The molecule has 0 aliphatic carbocycles. The Kier molecular flexibility index (Phi) is 5.20. The van der Waals surface area contributed by atoms with E-state index in [0.29, 0.717) is 11.5 Å². The van der Waals surface area contributed by atoms with Gasteiger partial charge in [-0.25, -0.2) is 0 Å². The lowest BCUT2D eigenvalue weighted by Crippen LogP contribution is -2.13. The van der Waals surface area contributed by atoms with Gasteiger partial charge in [0, 0.05) is 17.7 Å². The van der Waals surface area contributed by atoms with Gasteiger partial charge >= 0.3 is 0 Å². The molecule has 4 heteroatoms. The second kappa shape index (κ2) is 7.11. The van der Waals surface area contributed by atoms with Gasteiger partial charge in [0.05, 0.1) is 7.11 Å². The molecule has 0 aliphatic heterocycles. The first-order valence-electron chi connectivity index (χ1n) is 6.91. The Labute approximate surface area is 125 Å². The van der Waals surface area contributed by atoms with Crippen molar-refractivity contribution in [2.45, 2.75) is 19.1 Å². The van der Waals surface area contributed by atoms with Gasteiger partial charge in [-0.15, -0.1) is 0 Å². The minimum absolute atomic E-state index is 0.153. The summed E-state index contributed by atoms with van der Waals surface area (Å²) in [4.78, 5) is 0. The Morgan fingerprint density at radius 1 is 1.14 bits per heavy atom. The third-order valence-corrected chi connectivity index (χ3v) is 3.29. The molecule has 0 amide bonds. The molecular formula is C17H21NO3. The summed E-state index contributed by atoms with van der Waals surface area (Å²) >= 11 is 0. The third kappa shape index (κ3) is 3.97. The minimum Gasteiger partial charge on any atom is -0.497 e. The van der Waals surface area contributed by atoms with Crippen LogP contribution in [0.4, 0.5) is 0 Å². The summed E-state index contributed by atoms with van der Waals surface area (Å²) in [6.45, 7) is 2.05. The molecule has 2 aromatic carbocycles. The molecule has 0 radical (unpaired) electrons. The van der Waals surface area contributed by atoms with Crippen molar-refractivity contribution in [3.05, 3.63) is 59.7 Å². The van der Waals surface area contributed by atoms with Gasteiger partial charge in [0.1, 0.15) is 24.2 Å². The molecule has 0 heterocycles. The number of hydrogen-bond acceptors (Lipinski definition) is 4. The number of aliphatic hydroxyl groups excluding tert-OH is 1. The Morgan fingerprint density at radius 2 is 1.86 bits per heavy atom. The summed E-state index contributed by atoms with van der Waals surface area (Å²) in [7, 11) is 1.60. The zero-order valence-electron chi connectivity index (χ0n) is 12.3. The lowest BCUT2D eigenvalue weighted by atomic mass is 10.1. The van der Waals surface area contributed by atoms with Gasteiger partial charge < -0.3 is 20.3 Å². The van der Waals surface area contributed by atoms with Crippen LogP contribution in [-0.4, -0.2) is 18.8 Å². The zero-order valence-corrected chi connectivity index (χ0v) is 12.3. The molecule has 0 aromatic heterocycles. The molecule has 0 fully saturated rings. The molecule has 112 valence electrons. The second-order valence-corrected chi connectivity index (χ2v) is 4.93. The molecule has 3 N–H and O–H groups in total. The van der Waals surface area contributed by atoms with Crippen LogP contribution >= 0.6 is 0 Å². The average Bonchev–Trinajstić information content (AvgIpc) is 2.52. The van der Waals surface area contributed by atoms with Gasteiger partial charge in [0.25, 0.3) is 0 Å². The van der Waals surface area contributed by atoms with Crippen LogP contribution in [0.25, 0.3) is 0 Å². The maximum atomic E-state index is 10.2. The maximum Gasteiger partial charge on any atom is 0.127 e. The zero-order chi connectivity index (χ0) is 15.2.